The van der Waals surface area contributed by atoms with Gasteiger partial charge in [-0.2, -0.15) is 36.3 Å². The lowest BCUT2D eigenvalue weighted by Crippen LogP contribution is -2.11. The molecule has 0 saturated carbocycles. The van der Waals surface area contributed by atoms with Gasteiger partial charge in [0.1, 0.15) is 11.5 Å². The first kappa shape index (κ1) is 25.1. The third-order valence-corrected chi connectivity index (χ3v) is 5.02. The second-order valence-electron chi connectivity index (χ2n) is 8.16. The number of aromatic nitrogens is 4. The van der Waals surface area contributed by atoms with Crippen molar-refractivity contribution in [2.45, 2.75) is 39.2 Å². The number of anilines is 2. The lowest BCUT2D eigenvalue weighted by Gasteiger charge is -2.16. The third kappa shape index (κ3) is 5.31. The summed E-state index contributed by atoms with van der Waals surface area (Å²) in [7, 11) is 0. The molecule has 4 rings (SSSR count). The zero-order chi connectivity index (χ0) is 26.3. The molecule has 0 spiro atoms. The number of nitrogens with one attached hydrogen (secondary N) is 1. The van der Waals surface area contributed by atoms with Crippen LogP contribution in [0.1, 0.15) is 30.7 Å². The Morgan fingerprint density at radius 2 is 1.67 bits per heavy atom. The summed E-state index contributed by atoms with van der Waals surface area (Å²) in [6, 6.07) is 7.06. The summed E-state index contributed by atoms with van der Waals surface area (Å²) in [6.45, 7) is 5.14. The van der Waals surface area contributed by atoms with Gasteiger partial charge < -0.3 is 10.1 Å². The van der Waals surface area contributed by atoms with Crippen LogP contribution in [0.3, 0.4) is 0 Å². The number of pyridine rings is 2. The number of ether oxygens (including phenoxy) is 1. The van der Waals surface area contributed by atoms with E-state index in [9.17, 15) is 26.3 Å². The molecular formula is C24H19F6N5O. The predicted octanol–water partition coefficient (Wildman–Crippen LogP) is 6.96. The molecule has 3 heterocycles. The normalized spacial score (nSPS) is 12.3. The number of rotatable bonds is 5. The minimum Gasteiger partial charge on any atom is -0.461 e. The molecule has 1 aromatic carbocycles. The Kier molecular flexibility index (Phi) is 6.46. The fourth-order valence-corrected chi connectivity index (χ4v) is 3.57. The number of halogens is 6. The number of hydrogen-bond acceptors (Lipinski definition) is 6. The van der Waals surface area contributed by atoms with Crippen molar-refractivity contribution in [3.8, 4) is 17.3 Å². The van der Waals surface area contributed by atoms with Crippen LogP contribution < -0.4 is 10.1 Å². The van der Waals surface area contributed by atoms with E-state index in [0.717, 1.165) is 18.3 Å². The summed E-state index contributed by atoms with van der Waals surface area (Å²) in [5.74, 6) is 0.193. The van der Waals surface area contributed by atoms with E-state index in [4.69, 9.17) is 4.74 Å². The Labute approximate surface area is 201 Å². The first-order valence-corrected chi connectivity index (χ1v) is 10.6. The maximum Gasteiger partial charge on any atom is 0.433 e. The highest BCUT2D eigenvalue weighted by Gasteiger charge is 2.34. The number of nitrogens with zero attached hydrogens (tertiary/aromatic N) is 4. The van der Waals surface area contributed by atoms with E-state index < -0.39 is 23.6 Å². The summed E-state index contributed by atoms with van der Waals surface area (Å²) in [5.41, 5.74) is -1.04. The number of benzene rings is 1. The average molecular weight is 507 g/mol. The highest BCUT2D eigenvalue weighted by atomic mass is 19.4. The fourth-order valence-electron chi connectivity index (χ4n) is 3.57. The smallest absolute Gasteiger partial charge is 0.433 e. The Hall–Kier alpha value is -3.96. The van der Waals surface area contributed by atoms with Crippen molar-refractivity contribution in [2.75, 3.05) is 5.32 Å². The van der Waals surface area contributed by atoms with E-state index in [1.54, 1.807) is 20.8 Å². The molecule has 188 valence electrons. The first-order chi connectivity index (χ1) is 16.8. The van der Waals surface area contributed by atoms with Crippen LogP contribution in [0.25, 0.3) is 22.2 Å². The van der Waals surface area contributed by atoms with Gasteiger partial charge >= 0.3 is 18.4 Å². The van der Waals surface area contributed by atoms with Gasteiger partial charge in [-0.3, -0.25) is 4.98 Å². The number of hydrogen-bond donors (Lipinski definition) is 1. The standard InChI is InChI=1S/C24H19F6N5O/c1-12(2)36-22-34-17-10-14(20-16(23(25,26)27)5-4-8-31-20)9-13(3)19(17)21(35-22)33-15-6-7-18(32-11-15)24(28,29)30/h4-12H,1-3H3,(H,33,34,35). The highest BCUT2D eigenvalue weighted by molar-refractivity contribution is 5.96. The van der Waals surface area contributed by atoms with Gasteiger partial charge in [0.15, 0.2) is 0 Å². The minimum atomic E-state index is -4.62. The number of aryl methyl sites for hydroxylation is 1. The van der Waals surface area contributed by atoms with Crippen LogP contribution in [0.2, 0.25) is 0 Å². The van der Waals surface area contributed by atoms with E-state index in [0.29, 0.717) is 10.9 Å². The third-order valence-electron chi connectivity index (χ3n) is 5.02. The predicted molar refractivity (Wildman–Crippen MR) is 121 cm³/mol. The Balaban J connectivity index is 1.86. The molecule has 3 aromatic heterocycles. The summed E-state index contributed by atoms with van der Waals surface area (Å²) in [4.78, 5) is 16.1. The fraction of sp³-hybridized carbons (Fsp3) is 0.250. The number of fused-ring (bicyclic) bond motifs is 1. The van der Waals surface area contributed by atoms with Crippen molar-refractivity contribution >= 4 is 22.4 Å². The second-order valence-corrected chi connectivity index (χ2v) is 8.16. The maximum atomic E-state index is 13.6. The summed E-state index contributed by atoms with van der Waals surface area (Å²) in [6.07, 6.45) is -7.26. The Bertz CT molecular complexity index is 1400. The molecule has 0 aliphatic heterocycles. The van der Waals surface area contributed by atoms with Crippen molar-refractivity contribution < 1.29 is 31.1 Å². The molecule has 0 bridgehead atoms. The lowest BCUT2D eigenvalue weighted by atomic mass is 10.00. The molecule has 36 heavy (non-hydrogen) atoms. The molecule has 6 nitrogen and oxygen atoms in total. The molecule has 4 aromatic rings. The minimum absolute atomic E-state index is 0.0616. The Morgan fingerprint density at radius 3 is 2.28 bits per heavy atom. The van der Waals surface area contributed by atoms with Gasteiger partial charge in [-0.1, -0.05) is 0 Å². The zero-order valence-electron chi connectivity index (χ0n) is 19.2. The van der Waals surface area contributed by atoms with Crippen LogP contribution >= 0.6 is 0 Å². The molecule has 0 atom stereocenters. The molecule has 0 fully saturated rings. The van der Waals surface area contributed by atoms with Gasteiger partial charge in [0.25, 0.3) is 0 Å². The molecule has 0 aliphatic rings. The highest BCUT2D eigenvalue weighted by Crippen LogP contribution is 2.38. The van der Waals surface area contributed by atoms with Crippen molar-refractivity contribution in [2.24, 2.45) is 0 Å². The SMILES string of the molecule is Cc1cc(-c2ncccc2C(F)(F)F)cc2nc(OC(C)C)nc(Nc3ccc(C(F)(F)F)nc3)c12. The van der Waals surface area contributed by atoms with Gasteiger partial charge in [0, 0.05) is 17.1 Å². The van der Waals surface area contributed by atoms with Gasteiger partial charge in [-0.15, -0.1) is 0 Å². The Morgan fingerprint density at radius 1 is 0.917 bits per heavy atom. The molecule has 12 heteroatoms. The maximum absolute atomic E-state index is 13.6. The van der Waals surface area contributed by atoms with Crippen molar-refractivity contribution in [3.05, 3.63) is 65.6 Å². The van der Waals surface area contributed by atoms with Gasteiger partial charge in [0.05, 0.1) is 34.8 Å². The zero-order valence-corrected chi connectivity index (χ0v) is 19.2. The molecule has 0 unspecified atom stereocenters. The largest absolute Gasteiger partial charge is 0.461 e. The van der Waals surface area contributed by atoms with Gasteiger partial charge in [-0.25, -0.2) is 4.98 Å². The monoisotopic (exact) mass is 507 g/mol. The van der Waals surface area contributed by atoms with Crippen molar-refractivity contribution in [1.29, 1.82) is 0 Å². The van der Waals surface area contributed by atoms with Gasteiger partial charge in [-0.05, 0) is 62.7 Å². The first-order valence-electron chi connectivity index (χ1n) is 10.6. The van der Waals surface area contributed by atoms with E-state index in [2.05, 4.69) is 25.3 Å². The van der Waals surface area contributed by atoms with E-state index in [-0.39, 0.29) is 40.4 Å². The number of alkyl halides is 6. The van der Waals surface area contributed by atoms with E-state index >= 15 is 0 Å². The van der Waals surface area contributed by atoms with Crippen LogP contribution in [0, 0.1) is 6.92 Å². The van der Waals surface area contributed by atoms with E-state index in [1.807, 2.05) is 0 Å². The summed E-state index contributed by atoms with van der Waals surface area (Å²) >= 11 is 0. The second kappa shape index (κ2) is 9.25. The summed E-state index contributed by atoms with van der Waals surface area (Å²) in [5, 5.41) is 3.36. The molecule has 1 N–H and O–H groups in total. The van der Waals surface area contributed by atoms with Crippen LogP contribution in [-0.2, 0) is 12.4 Å². The lowest BCUT2D eigenvalue weighted by molar-refractivity contribution is -0.141. The quantitative estimate of drug-likeness (QED) is 0.294. The van der Waals surface area contributed by atoms with Gasteiger partial charge in [0.2, 0.25) is 0 Å². The van der Waals surface area contributed by atoms with Crippen LogP contribution in [0.4, 0.5) is 37.8 Å². The van der Waals surface area contributed by atoms with Crippen LogP contribution in [0.5, 0.6) is 6.01 Å². The van der Waals surface area contributed by atoms with Crippen molar-refractivity contribution in [1.82, 2.24) is 19.9 Å². The topological polar surface area (TPSA) is 72.8 Å². The van der Waals surface area contributed by atoms with E-state index in [1.165, 1.54) is 30.5 Å². The van der Waals surface area contributed by atoms with Crippen LogP contribution in [0.15, 0.2) is 48.8 Å². The summed E-state index contributed by atoms with van der Waals surface area (Å²) < 4.78 is 85.0. The molecule has 0 aliphatic carbocycles. The molecular weight excluding hydrogens is 488 g/mol. The van der Waals surface area contributed by atoms with Crippen molar-refractivity contribution in [3.63, 3.8) is 0 Å². The molecule has 0 amide bonds. The average Bonchev–Trinajstić information content (AvgIpc) is 2.77. The van der Waals surface area contributed by atoms with Crippen LogP contribution in [-0.4, -0.2) is 26.0 Å². The molecule has 0 saturated heterocycles. The molecule has 0 radical (unpaired) electrons.